The molecule has 1 heterocycles. The normalized spacial score (nSPS) is 10.7. The van der Waals surface area contributed by atoms with Crippen LogP contribution < -0.4 is 20.3 Å². The molecule has 0 bridgehead atoms. The lowest BCUT2D eigenvalue weighted by Gasteiger charge is -2.15. The number of thiazole rings is 1. The van der Waals surface area contributed by atoms with Crippen LogP contribution in [0.1, 0.15) is 6.92 Å². The summed E-state index contributed by atoms with van der Waals surface area (Å²) in [5.74, 6) is -0.646. The van der Waals surface area contributed by atoms with Crippen LogP contribution in [0.25, 0.3) is 20.8 Å². The number of methoxy groups -OCH3 is 1. The van der Waals surface area contributed by atoms with E-state index in [0.717, 1.165) is 20.8 Å². The first kappa shape index (κ1) is 24.9. The Balaban J connectivity index is 1.50. The van der Waals surface area contributed by atoms with Crippen molar-refractivity contribution in [3.63, 3.8) is 0 Å². The Morgan fingerprint density at radius 2 is 1.79 bits per heavy atom. The van der Waals surface area contributed by atoms with E-state index in [-0.39, 0.29) is 26.3 Å². The van der Waals surface area contributed by atoms with Crippen LogP contribution in [0.3, 0.4) is 0 Å². The number of hydrogen-bond acceptors (Lipinski definition) is 9. The fourth-order valence-electron chi connectivity index (χ4n) is 3.00. The standard InChI is InChI=1S/C23H26N4O6S/c1-4-32-22(30)13-27(2)12-20(28)25-26-21(29)14-33-17-10-9-15(11-18(17)31-3)23-24-16-7-5-6-8-19(16)34-23/h5-11H,4,12-14H2,1-3H3,(H,25,28)(H,26,29). The molecule has 2 amide bonds. The van der Waals surface area contributed by atoms with E-state index in [1.54, 1.807) is 37.4 Å². The molecule has 3 rings (SSSR count). The van der Waals surface area contributed by atoms with Gasteiger partial charge in [0.1, 0.15) is 5.01 Å². The van der Waals surface area contributed by atoms with Crippen LogP contribution in [0.15, 0.2) is 42.5 Å². The molecule has 0 aliphatic carbocycles. The molecule has 0 unspecified atom stereocenters. The minimum absolute atomic E-state index is 0.0366. The van der Waals surface area contributed by atoms with E-state index >= 15 is 0 Å². The lowest BCUT2D eigenvalue weighted by molar-refractivity contribution is -0.144. The summed E-state index contributed by atoms with van der Waals surface area (Å²) >= 11 is 1.57. The van der Waals surface area contributed by atoms with Gasteiger partial charge in [0.15, 0.2) is 18.1 Å². The molecule has 0 aliphatic rings. The summed E-state index contributed by atoms with van der Waals surface area (Å²) in [5.41, 5.74) is 6.34. The van der Waals surface area contributed by atoms with Crippen molar-refractivity contribution in [2.45, 2.75) is 6.92 Å². The number of likely N-dealkylation sites (N-methyl/N-ethyl adjacent to an activating group) is 1. The number of nitrogens with zero attached hydrogens (tertiary/aromatic N) is 2. The van der Waals surface area contributed by atoms with E-state index in [9.17, 15) is 14.4 Å². The molecule has 0 saturated carbocycles. The number of hydrazine groups is 1. The Kier molecular flexibility index (Phi) is 8.77. The van der Waals surface area contributed by atoms with Crippen LogP contribution in [0, 0.1) is 0 Å². The van der Waals surface area contributed by atoms with Gasteiger partial charge in [-0.15, -0.1) is 11.3 Å². The summed E-state index contributed by atoms with van der Waals surface area (Å²) in [4.78, 5) is 41.5. The maximum Gasteiger partial charge on any atom is 0.320 e. The molecule has 0 atom stereocenters. The number of ether oxygens (including phenoxy) is 3. The van der Waals surface area contributed by atoms with Crippen molar-refractivity contribution in [1.82, 2.24) is 20.7 Å². The predicted octanol–water partition coefficient (Wildman–Crippen LogP) is 1.99. The molecule has 0 radical (unpaired) electrons. The monoisotopic (exact) mass is 486 g/mol. The molecule has 0 saturated heterocycles. The van der Waals surface area contributed by atoms with Crippen molar-refractivity contribution in [3.05, 3.63) is 42.5 Å². The Morgan fingerprint density at radius 3 is 2.53 bits per heavy atom. The SMILES string of the molecule is CCOC(=O)CN(C)CC(=O)NNC(=O)COc1ccc(-c2nc3ccccc3s2)cc1OC. The number of hydrogen-bond donors (Lipinski definition) is 2. The van der Waals surface area contributed by atoms with Crippen molar-refractivity contribution >= 4 is 39.3 Å². The third kappa shape index (κ3) is 6.90. The predicted molar refractivity (Wildman–Crippen MR) is 128 cm³/mol. The van der Waals surface area contributed by atoms with Crippen LogP contribution in [0.5, 0.6) is 11.5 Å². The van der Waals surface area contributed by atoms with Gasteiger partial charge in [-0.2, -0.15) is 0 Å². The van der Waals surface area contributed by atoms with Gasteiger partial charge in [0.05, 0.1) is 37.0 Å². The molecule has 34 heavy (non-hydrogen) atoms. The summed E-state index contributed by atoms with van der Waals surface area (Å²) < 4.78 is 16.9. The number of fused-ring (bicyclic) bond motifs is 1. The number of esters is 1. The summed E-state index contributed by atoms with van der Waals surface area (Å²) in [6.07, 6.45) is 0. The fourth-order valence-corrected chi connectivity index (χ4v) is 3.96. The highest BCUT2D eigenvalue weighted by Crippen LogP contribution is 2.35. The van der Waals surface area contributed by atoms with E-state index < -0.39 is 17.8 Å². The van der Waals surface area contributed by atoms with Crippen molar-refractivity contribution in [1.29, 1.82) is 0 Å². The molecule has 0 aliphatic heterocycles. The summed E-state index contributed by atoms with van der Waals surface area (Å²) in [6.45, 7) is 1.50. The molecule has 10 nitrogen and oxygen atoms in total. The lowest BCUT2D eigenvalue weighted by atomic mass is 10.2. The van der Waals surface area contributed by atoms with Gasteiger partial charge in [0, 0.05) is 5.56 Å². The average molecular weight is 487 g/mol. The van der Waals surface area contributed by atoms with E-state index in [2.05, 4.69) is 15.8 Å². The number of aromatic nitrogens is 1. The topological polar surface area (TPSA) is 119 Å². The van der Waals surface area contributed by atoms with Gasteiger partial charge in [0.25, 0.3) is 11.8 Å². The van der Waals surface area contributed by atoms with Crippen molar-refractivity contribution in [3.8, 4) is 22.1 Å². The smallest absolute Gasteiger partial charge is 0.320 e. The number of amides is 2. The average Bonchev–Trinajstić information content (AvgIpc) is 3.25. The summed E-state index contributed by atoms with van der Waals surface area (Å²) in [7, 11) is 3.10. The van der Waals surface area contributed by atoms with Crippen LogP contribution in [0.4, 0.5) is 0 Å². The van der Waals surface area contributed by atoms with E-state index in [1.165, 1.54) is 12.0 Å². The second kappa shape index (κ2) is 12.0. The van der Waals surface area contributed by atoms with Crippen molar-refractivity contribution < 1.29 is 28.6 Å². The zero-order valence-electron chi connectivity index (χ0n) is 19.1. The molecule has 2 aromatic carbocycles. The Labute approximate surface area is 200 Å². The summed E-state index contributed by atoms with van der Waals surface area (Å²) in [5, 5.41) is 0.847. The molecule has 180 valence electrons. The first-order chi connectivity index (χ1) is 16.4. The second-order valence-corrected chi connectivity index (χ2v) is 8.25. The van der Waals surface area contributed by atoms with Gasteiger partial charge < -0.3 is 14.2 Å². The Hall–Kier alpha value is -3.70. The Bertz CT molecular complexity index is 1130. The first-order valence-corrected chi connectivity index (χ1v) is 11.3. The van der Waals surface area contributed by atoms with Crippen molar-refractivity contribution in [2.75, 3.05) is 40.5 Å². The quantitative estimate of drug-likeness (QED) is 0.330. The largest absolute Gasteiger partial charge is 0.493 e. The zero-order valence-corrected chi connectivity index (χ0v) is 19.9. The minimum Gasteiger partial charge on any atom is -0.493 e. The number of rotatable bonds is 10. The third-order valence-electron chi connectivity index (χ3n) is 4.52. The van der Waals surface area contributed by atoms with Gasteiger partial charge in [-0.1, -0.05) is 12.1 Å². The zero-order chi connectivity index (χ0) is 24.5. The highest BCUT2D eigenvalue weighted by molar-refractivity contribution is 7.21. The lowest BCUT2D eigenvalue weighted by Crippen LogP contribution is -2.47. The van der Waals surface area contributed by atoms with Crippen molar-refractivity contribution in [2.24, 2.45) is 0 Å². The van der Waals surface area contributed by atoms with Gasteiger partial charge in [0.2, 0.25) is 0 Å². The number of carbonyl (C=O) groups is 3. The first-order valence-electron chi connectivity index (χ1n) is 10.5. The Morgan fingerprint density at radius 1 is 1.03 bits per heavy atom. The number of benzene rings is 2. The molecular formula is C23H26N4O6S. The van der Waals surface area contributed by atoms with E-state index in [4.69, 9.17) is 14.2 Å². The fraction of sp³-hybridized carbons (Fsp3) is 0.304. The highest BCUT2D eigenvalue weighted by atomic mass is 32.1. The van der Waals surface area contributed by atoms with Crippen LogP contribution >= 0.6 is 11.3 Å². The molecular weight excluding hydrogens is 460 g/mol. The molecule has 0 spiro atoms. The van der Waals surface area contributed by atoms with Crippen LogP contribution in [-0.4, -0.2) is 68.1 Å². The van der Waals surface area contributed by atoms with Gasteiger partial charge in [-0.3, -0.25) is 30.1 Å². The highest BCUT2D eigenvalue weighted by Gasteiger charge is 2.14. The third-order valence-corrected chi connectivity index (χ3v) is 5.61. The molecule has 1 aromatic heterocycles. The van der Waals surface area contributed by atoms with Gasteiger partial charge in [-0.05, 0) is 44.3 Å². The molecule has 3 aromatic rings. The van der Waals surface area contributed by atoms with Gasteiger partial charge >= 0.3 is 5.97 Å². The maximum absolute atomic E-state index is 12.1. The van der Waals surface area contributed by atoms with Crippen LogP contribution in [0.2, 0.25) is 0 Å². The molecule has 11 heteroatoms. The second-order valence-electron chi connectivity index (χ2n) is 7.21. The number of para-hydroxylation sites is 1. The van der Waals surface area contributed by atoms with Crippen LogP contribution in [-0.2, 0) is 19.1 Å². The summed E-state index contributed by atoms with van der Waals surface area (Å²) in [6, 6.07) is 13.2. The molecule has 2 N–H and O–H groups in total. The van der Waals surface area contributed by atoms with E-state index in [0.29, 0.717) is 11.5 Å². The molecule has 0 fully saturated rings. The minimum atomic E-state index is -0.557. The number of carbonyl (C=O) groups excluding carboxylic acids is 3. The van der Waals surface area contributed by atoms with Gasteiger partial charge in [-0.25, -0.2) is 4.98 Å². The number of nitrogens with one attached hydrogen (secondary N) is 2. The van der Waals surface area contributed by atoms with E-state index in [1.807, 2.05) is 30.3 Å². The maximum atomic E-state index is 12.1.